The van der Waals surface area contributed by atoms with E-state index >= 15 is 0 Å². The molecule has 1 atom stereocenters. The van der Waals surface area contributed by atoms with Gasteiger partial charge in [0, 0.05) is 50.1 Å². The molecule has 1 N–H and O–H groups in total. The molecule has 0 saturated carbocycles. The van der Waals surface area contributed by atoms with Crippen molar-refractivity contribution in [2.75, 3.05) is 31.1 Å². The van der Waals surface area contributed by atoms with Gasteiger partial charge in [0.25, 0.3) is 0 Å². The smallest absolute Gasteiger partial charge is 0.227 e. The summed E-state index contributed by atoms with van der Waals surface area (Å²) in [5, 5.41) is 7.56. The van der Waals surface area contributed by atoms with E-state index in [2.05, 4.69) is 20.3 Å². The molecule has 2 aliphatic heterocycles. The first-order valence-corrected chi connectivity index (χ1v) is 10.1. The molecular weight excluding hydrogens is 356 g/mol. The Morgan fingerprint density at radius 3 is 2.79 bits per heavy atom. The highest BCUT2D eigenvalue weighted by Crippen LogP contribution is 2.22. The third kappa shape index (κ3) is 4.16. The van der Waals surface area contributed by atoms with Crippen molar-refractivity contribution in [2.24, 2.45) is 5.92 Å². The molecule has 4 heterocycles. The first kappa shape index (κ1) is 18.9. The number of piperidine rings is 1. The molecule has 2 aliphatic rings. The van der Waals surface area contributed by atoms with E-state index in [1.165, 1.54) is 0 Å². The Bertz CT molecular complexity index is 822. The molecule has 0 spiro atoms. The lowest BCUT2D eigenvalue weighted by Crippen LogP contribution is -2.42. The Kier molecular flexibility index (Phi) is 5.57. The standard InChI is InChI=1S/C20H28N6O2/c1-14-12-15(2)26(24-14)18-5-8-21-20(23-18)25-9-6-16(7-10-25)19(27)22-13-17-4-3-11-28-17/h5,8,12,16-17H,3-4,6-7,9-11,13H2,1-2H3,(H,22,27)/t17-/m0/s1. The van der Waals surface area contributed by atoms with Crippen LogP contribution in [0.25, 0.3) is 5.82 Å². The summed E-state index contributed by atoms with van der Waals surface area (Å²) in [5.74, 6) is 1.67. The van der Waals surface area contributed by atoms with E-state index in [9.17, 15) is 4.79 Å². The molecular formula is C20H28N6O2. The van der Waals surface area contributed by atoms with Crippen LogP contribution in [0.15, 0.2) is 18.3 Å². The number of anilines is 1. The lowest BCUT2D eigenvalue weighted by atomic mass is 9.96. The Balaban J connectivity index is 1.34. The van der Waals surface area contributed by atoms with Gasteiger partial charge in [-0.15, -0.1) is 0 Å². The zero-order valence-corrected chi connectivity index (χ0v) is 16.6. The maximum Gasteiger partial charge on any atom is 0.227 e. The fourth-order valence-electron chi connectivity index (χ4n) is 3.98. The van der Waals surface area contributed by atoms with Gasteiger partial charge in [-0.1, -0.05) is 0 Å². The predicted molar refractivity (Wildman–Crippen MR) is 106 cm³/mol. The van der Waals surface area contributed by atoms with Gasteiger partial charge < -0.3 is 15.0 Å². The van der Waals surface area contributed by atoms with Gasteiger partial charge in [-0.05, 0) is 45.6 Å². The number of aryl methyl sites for hydroxylation is 2. The fraction of sp³-hybridized carbons (Fsp3) is 0.600. The van der Waals surface area contributed by atoms with Gasteiger partial charge in [0.1, 0.15) is 0 Å². The number of carbonyl (C=O) groups excluding carboxylic acids is 1. The summed E-state index contributed by atoms with van der Waals surface area (Å²) in [7, 11) is 0. The normalized spacial score (nSPS) is 20.5. The molecule has 0 radical (unpaired) electrons. The largest absolute Gasteiger partial charge is 0.376 e. The second-order valence-corrected chi connectivity index (χ2v) is 7.70. The average Bonchev–Trinajstić information content (AvgIpc) is 3.35. The number of hydrogen-bond donors (Lipinski definition) is 1. The maximum atomic E-state index is 12.4. The number of hydrogen-bond acceptors (Lipinski definition) is 6. The van der Waals surface area contributed by atoms with Gasteiger partial charge in [-0.3, -0.25) is 4.79 Å². The van der Waals surface area contributed by atoms with Crippen LogP contribution in [0.2, 0.25) is 0 Å². The van der Waals surface area contributed by atoms with Crippen molar-refractivity contribution in [2.45, 2.75) is 45.6 Å². The van der Waals surface area contributed by atoms with E-state index in [-0.39, 0.29) is 17.9 Å². The molecule has 2 aromatic heterocycles. The lowest BCUT2D eigenvalue weighted by molar-refractivity contribution is -0.126. The Hall–Kier alpha value is -2.48. The summed E-state index contributed by atoms with van der Waals surface area (Å²) in [5.41, 5.74) is 2.01. The monoisotopic (exact) mass is 384 g/mol. The third-order valence-electron chi connectivity index (χ3n) is 5.53. The number of nitrogens with one attached hydrogen (secondary N) is 1. The number of ether oxygens (including phenoxy) is 1. The van der Waals surface area contributed by atoms with E-state index in [4.69, 9.17) is 9.72 Å². The van der Waals surface area contributed by atoms with Crippen LogP contribution in [-0.4, -0.2) is 58.0 Å². The molecule has 0 unspecified atom stereocenters. The van der Waals surface area contributed by atoms with Gasteiger partial charge in [-0.2, -0.15) is 10.1 Å². The summed E-state index contributed by atoms with van der Waals surface area (Å²) in [4.78, 5) is 23.7. The third-order valence-corrected chi connectivity index (χ3v) is 5.53. The highest BCUT2D eigenvalue weighted by Gasteiger charge is 2.27. The molecule has 0 aromatic carbocycles. The topological polar surface area (TPSA) is 85.2 Å². The highest BCUT2D eigenvalue weighted by molar-refractivity contribution is 5.79. The summed E-state index contributed by atoms with van der Waals surface area (Å²) in [6.45, 7) is 6.99. The van der Waals surface area contributed by atoms with Gasteiger partial charge >= 0.3 is 0 Å². The second-order valence-electron chi connectivity index (χ2n) is 7.70. The number of nitrogens with zero attached hydrogens (tertiary/aromatic N) is 5. The molecule has 28 heavy (non-hydrogen) atoms. The van der Waals surface area contributed by atoms with Crippen LogP contribution in [0.5, 0.6) is 0 Å². The van der Waals surface area contributed by atoms with Crippen molar-refractivity contribution >= 4 is 11.9 Å². The van der Waals surface area contributed by atoms with E-state index in [0.717, 1.165) is 62.6 Å². The van der Waals surface area contributed by atoms with Crippen LogP contribution in [0, 0.1) is 19.8 Å². The van der Waals surface area contributed by atoms with Crippen molar-refractivity contribution in [1.82, 2.24) is 25.1 Å². The van der Waals surface area contributed by atoms with Gasteiger partial charge in [0.05, 0.1) is 11.8 Å². The van der Waals surface area contributed by atoms with Crippen molar-refractivity contribution < 1.29 is 9.53 Å². The first-order valence-electron chi connectivity index (χ1n) is 10.1. The van der Waals surface area contributed by atoms with Crippen molar-refractivity contribution in [3.63, 3.8) is 0 Å². The number of amides is 1. The van der Waals surface area contributed by atoms with E-state index in [1.807, 2.05) is 30.7 Å². The molecule has 2 saturated heterocycles. The summed E-state index contributed by atoms with van der Waals surface area (Å²) >= 11 is 0. The van der Waals surface area contributed by atoms with Crippen LogP contribution in [-0.2, 0) is 9.53 Å². The minimum Gasteiger partial charge on any atom is -0.376 e. The van der Waals surface area contributed by atoms with Gasteiger partial charge in [0.15, 0.2) is 5.82 Å². The first-order chi connectivity index (χ1) is 13.6. The van der Waals surface area contributed by atoms with Gasteiger partial charge in [-0.25, -0.2) is 9.67 Å². The number of aromatic nitrogens is 4. The van der Waals surface area contributed by atoms with Crippen LogP contribution in [0.4, 0.5) is 5.95 Å². The number of carbonyl (C=O) groups is 1. The van der Waals surface area contributed by atoms with Crippen LogP contribution in [0.1, 0.15) is 37.1 Å². The molecule has 150 valence electrons. The summed E-state index contributed by atoms with van der Waals surface area (Å²) in [6.07, 6.45) is 5.72. The maximum absolute atomic E-state index is 12.4. The Morgan fingerprint density at radius 2 is 2.11 bits per heavy atom. The van der Waals surface area contributed by atoms with E-state index in [0.29, 0.717) is 12.5 Å². The van der Waals surface area contributed by atoms with E-state index < -0.39 is 0 Å². The predicted octanol–water partition coefficient (Wildman–Crippen LogP) is 1.79. The minimum atomic E-state index is 0.0526. The second kappa shape index (κ2) is 8.26. The molecule has 0 bridgehead atoms. The van der Waals surface area contributed by atoms with Crippen molar-refractivity contribution in [3.05, 3.63) is 29.7 Å². The minimum absolute atomic E-state index is 0.0526. The average molecular weight is 384 g/mol. The van der Waals surface area contributed by atoms with Crippen LogP contribution < -0.4 is 10.2 Å². The molecule has 2 fully saturated rings. The van der Waals surface area contributed by atoms with Gasteiger partial charge in [0.2, 0.25) is 11.9 Å². The summed E-state index contributed by atoms with van der Waals surface area (Å²) in [6, 6.07) is 3.90. The number of rotatable bonds is 5. The Morgan fingerprint density at radius 1 is 1.29 bits per heavy atom. The molecule has 8 heteroatoms. The molecule has 8 nitrogen and oxygen atoms in total. The zero-order chi connectivity index (χ0) is 19.5. The van der Waals surface area contributed by atoms with E-state index in [1.54, 1.807) is 6.20 Å². The van der Waals surface area contributed by atoms with Crippen molar-refractivity contribution in [3.8, 4) is 5.82 Å². The summed E-state index contributed by atoms with van der Waals surface area (Å²) < 4.78 is 7.42. The molecule has 1 amide bonds. The quantitative estimate of drug-likeness (QED) is 0.846. The Labute approximate surface area is 165 Å². The van der Waals surface area contributed by atoms with Crippen LogP contribution in [0.3, 0.4) is 0 Å². The van der Waals surface area contributed by atoms with Crippen molar-refractivity contribution in [1.29, 1.82) is 0 Å². The fourth-order valence-corrected chi connectivity index (χ4v) is 3.98. The zero-order valence-electron chi connectivity index (χ0n) is 16.6. The molecule has 0 aliphatic carbocycles. The highest BCUT2D eigenvalue weighted by atomic mass is 16.5. The lowest BCUT2D eigenvalue weighted by Gasteiger charge is -2.31. The molecule has 4 rings (SSSR count). The SMILES string of the molecule is Cc1cc(C)n(-c2ccnc(N3CCC(C(=O)NC[C@@H]4CCCO4)CC3)n2)n1. The van der Waals surface area contributed by atoms with Crippen LogP contribution >= 0.6 is 0 Å². The molecule has 2 aromatic rings.